The molecule has 0 spiro atoms. The Morgan fingerprint density at radius 1 is 1.25 bits per heavy atom. The van der Waals surface area contributed by atoms with Gasteiger partial charge in [0.05, 0.1) is 11.4 Å². The van der Waals surface area contributed by atoms with Crippen molar-refractivity contribution in [3.8, 4) is 0 Å². The van der Waals surface area contributed by atoms with Crippen LogP contribution in [0.15, 0.2) is 17.1 Å². The monoisotopic (exact) mass is 617 g/mol. The van der Waals surface area contributed by atoms with Crippen LogP contribution in [0.1, 0.15) is 110 Å². The van der Waals surface area contributed by atoms with Gasteiger partial charge in [0, 0.05) is 12.8 Å². The summed E-state index contributed by atoms with van der Waals surface area (Å²) in [7, 11) is 0. The van der Waals surface area contributed by atoms with E-state index in [2.05, 4.69) is 15.3 Å². The molecule has 0 bridgehead atoms. The number of nitrogens with one attached hydrogen (secondary N) is 3. The van der Waals surface area contributed by atoms with E-state index in [1.807, 2.05) is 27.7 Å². The Morgan fingerprint density at radius 3 is 2.55 bits per heavy atom. The number of amidine groups is 1. The van der Waals surface area contributed by atoms with Crippen LogP contribution in [0.2, 0.25) is 0 Å². The van der Waals surface area contributed by atoms with Crippen molar-refractivity contribution in [3.05, 3.63) is 23.5 Å². The van der Waals surface area contributed by atoms with Crippen LogP contribution >= 0.6 is 0 Å². The third kappa shape index (κ3) is 9.21. The van der Waals surface area contributed by atoms with Gasteiger partial charge in [0.1, 0.15) is 36.8 Å². The summed E-state index contributed by atoms with van der Waals surface area (Å²) in [5.74, 6) is -0.869. The number of nitrogens with zero attached hydrogens (tertiary/aromatic N) is 1. The molecule has 2 aliphatic rings. The number of hydrogen-bond acceptors (Lipinski definition) is 9. The van der Waals surface area contributed by atoms with Gasteiger partial charge in [0.15, 0.2) is 11.9 Å². The van der Waals surface area contributed by atoms with Crippen LogP contribution in [0, 0.1) is 16.7 Å². The normalized spacial score (nSPS) is 25.6. The Hall–Kier alpha value is -3.09. The molecule has 0 aromatic carbocycles. The van der Waals surface area contributed by atoms with Crippen LogP contribution in [0.4, 0.5) is 0 Å². The molecule has 1 aliphatic heterocycles. The highest BCUT2D eigenvalue weighted by molar-refractivity contribution is 6.09. The summed E-state index contributed by atoms with van der Waals surface area (Å²) >= 11 is 0. The summed E-state index contributed by atoms with van der Waals surface area (Å²) in [6.45, 7) is 8.84. The summed E-state index contributed by atoms with van der Waals surface area (Å²) in [5.41, 5.74) is 4.96. The molecule has 12 nitrogen and oxygen atoms in total. The SMILES string of the molecule is CCCCC(=O)N/C(=N/C=N)c1ccc([C@]2(C)O[C@H](COC(=O)CC3CCCCCC3)[C@@H](OC(=O)[C@@H](N)C(C)(C)C)[C@H]2O)[nH]1. The maximum atomic E-state index is 13.1. The number of ether oxygens (including phenoxy) is 3. The Morgan fingerprint density at radius 2 is 1.93 bits per heavy atom. The lowest BCUT2D eigenvalue weighted by atomic mass is 9.87. The van der Waals surface area contributed by atoms with Gasteiger partial charge in [0.25, 0.3) is 0 Å². The highest BCUT2D eigenvalue weighted by atomic mass is 16.6. The summed E-state index contributed by atoms with van der Waals surface area (Å²) in [4.78, 5) is 45.4. The first kappa shape index (κ1) is 35.4. The van der Waals surface area contributed by atoms with Crippen LogP contribution in [0.25, 0.3) is 0 Å². The molecule has 1 saturated carbocycles. The number of esters is 2. The number of aromatic amines is 1. The zero-order valence-corrected chi connectivity index (χ0v) is 26.8. The summed E-state index contributed by atoms with van der Waals surface area (Å²) < 4.78 is 17.7. The number of aliphatic hydroxyl groups is 1. The van der Waals surface area contributed by atoms with Crippen LogP contribution in [0.5, 0.6) is 0 Å². The third-order valence-electron chi connectivity index (χ3n) is 8.60. The number of aromatic nitrogens is 1. The van der Waals surface area contributed by atoms with E-state index in [0.29, 0.717) is 30.7 Å². The molecule has 1 aliphatic carbocycles. The van der Waals surface area contributed by atoms with E-state index >= 15 is 0 Å². The number of unbranched alkanes of at least 4 members (excludes halogenated alkanes) is 1. The van der Waals surface area contributed by atoms with Crippen molar-refractivity contribution in [2.45, 2.75) is 129 Å². The van der Waals surface area contributed by atoms with E-state index in [1.165, 1.54) is 12.8 Å². The van der Waals surface area contributed by atoms with Gasteiger partial charge in [-0.15, -0.1) is 0 Å². The van der Waals surface area contributed by atoms with Crippen LogP contribution in [-0.2, 0) is 34.2 Å². The molecule has 0 unspecified atom stereocenters. The molecule has 1 aromatic heterocycles. The van der Waals surface area contributed by atoms with E-state index in [9.17, 15) is 19.5 Å². The van der Waals surface area contributed by atoms with Crippen LogP contribution < -0.4 is 11.1 Å². The first-order valence-electron chi connectivity index (χ1n) is 15.8. The Labute approximate surface area is 260 Å². The van der Waals surface area contributed by atoms with Gasteiger partial charge in [-0.1, -0.05) is 59.8 Å². The number of aliphatic imine (C=N–C) groups is 1. The van der Waals surface area contributed by atoms with Gasteiger partial charge in [-0.25, -0.2) is 4.99 Å². The Kier molecular flexibility index (Phi) is 12.7. The van der Waals surface area contributed by atoms with Crippen molar-refractivity contribution >= 4 is 30.0 Å². The molecule has 1 aromatic rings. The van der Waals surface area contributed by atoms with Crippen molar-refractivity contribution < 1.29 is 33.7 Å². The zero-order chi connectivity index (χ0) is 32.5. The van der Waals surface area contributed by atoms with Gasteiger partial charge in [-0.3, -0.25) is 19.8 Å². The van der Waals surface area contributed by atoms with Gasteiger partial charge in [-0.2, -0.15) is 0 Å². The van der Waals surface area contributed by atoms with Crippen molar-refractivity contribution in [3.63, 3.8) is 0 Å². The maximum Gasteiger partial charge on any atom is 0.323 e. The number of rotatable bonds is 12. The molecule has 2 fully saturated rings. The van der Waals surface area contributed by atoms with Crippen molar-refractivity contribution in [1.29, 1.82) is 5.41 Å². The van der Waals surface area contributed by atoms with E-state index < -0.39 is 41.3 Å². The van der Waals surface area contributed by atoms with E-state index in [1.54, 1.807) is 19.1 Å². The summed E-state index contributed by atoms with van der Waals surface area (Å²) in [5, 5.41) is 21.7. The van der Waals surface area contributed by atoms with Crippen molar-refractivity contribution in [1.82, 2.24) is 10.3 Å². The van der Waals surface area contributed by atoms with Crippen LogP contribution in [0.3, 0.4) is 0 Å². The standard InChI is InChI=1S/C32H51N5O7/c1-6-7-14-24(38)37-29(35-19-33)21-15-16-23(36-21)32(5)28(40)26(43-30(41)27(34)31(2,3)4)22(44-32)18-42-25(39)17-20-12-10-8-9-11-13-20/h15-16,19-20,22,26-28,36,40H,6-14,17-18,34H2,1-5H3,(H2,33,35,37,38)/t22-,26-,27-,28-,32+/m1/s1. The molecule has 0 radical (unpaired) electrons. The molecule has 5 atom stereocenters. The topological polar surface area (TPSA) is 189 Å². The smallest absolute Gasteiger partial charge is 0.323 e. The van der Waals surface area contributed by atoms with E-state index in [4.69, 9.17) is 25.4 Å². The summed E-state index contributed by atoms with van der Waals surface area (Å²) in [6.07, 6.45) is 6.06. The molecular weight excluding hydrogens is 566 g/mol. The quantitative estimate of drug-likeness (QED) is 0.101. The molecule has 1 amide bonds. The molecule has 2 heterocycles. The highest BCUT2D eigenvalue weighted by Gasteiger charge is 2.56. The number of amides is 1. The predicted octanol–water partition coefficient (Wildman–Crippen LogP) is 3.84. The van der Waals surface area contributed by atoms with Crippen molar-refractivity contribution in [2.75, 3.05) is 6.61 Å². The fraction of sp³-hybridized carbons (Fsp3) is 0.719. The number of carbonyl (C=O) groups excluding carboxylic acids is 3. The molecular formula is C32H51N5O7. The van der Waals surface area contributed by atoms with Gasteiger partial charge in [0.2, 0.25) is 5.91 Å². The minimum absolute atomic E-state index is 0.145. The molecule has 1 saturated heterocycles. The molecule has 44 heavy (non-hydrogen) atoms. The lowest BCUT2D eigenvalue weighted by Crippen LogP contribution is -2.48. The van der Waals surface area contributed by atoms with Gasteiger partial charge < -0.3 is 35.4 Å². The van der Waals surface area contributed by atoms with Gasteiger partial charge in [-0.05, 0) is 49.7 Å². The van der Waals surface area contributed by atoms with Crippen molar-refractivity contribution in [2.24, 2.45) is 22.1 Å². The third-order valence-corrected chi connectivity index (χ3v) is 8.60. The molecule has 246 valence electrons. The lowest BCUT2D eigenvalue weighted by molar-refractivity contribution is -0.163. The Bertz CT molecular complexity index is 1170. The maximum absolute atomic E-state index is 13.1. The predicted molar refractivity (Wildman–Crippen MR) is 166 cm³/mol. The first-order chi connectivity index (χ1) is 20.8. The Balaban J connectivity index is 1.81. The first-order valence-corrected chi connectivity index (χ1v) is 15.8. The largest absolute Gasteiger partial charge is 0.463 e. The average molecular weight is 618 g/mol. The zero-order valence-electron chi connectivity index (χ0n) is 26.8. The molecule has 3 rings (SSSR count). The molecule has 12 heteroatoms. The number of hydrogen-bond donors (Lipinski definition) is 5. The second kappa shape index (κ2) is 15.8. The minimum Gasteiger partial charge on any atom is -0.463 e. The van der Waals surface area contributed by atoms with Gasteiger partial charge >= 0.3 is 11.9 Å². The highest BCUT2D eigenvalue weighted by Crippen LogP contribution is 2.41. The van der Waals surface area contributed by atoms with Crippen LogP contribution in [-0.4, -0.2) is 71.1 Å². The lowest BCUT2D eigenvalue weighted by Gasteiger charge is -2.29. The average Bonchev–Trinajstić information content (AvgIpc) is 3.45. The fourth-order valence-electron chi connectivity index (χ4n) is 5.65. The number of H-pyrrole nitrogens is 1. The van der Waals surface area contributed by atoms with E-state index in [0.717, 1.165) is 38.4 Å². The minimum atomic E-state index is -1.42. The number of carbonyl (C=O) groups is 3. The summed E-state index contributed by atoms with van der Waals surface area (Å²) in [6, 6.07) is 2.35. The second-order valence-corrected chi connectivity index (χ2v) is 13.2. The van der Waals surface area contributed by atoms with E-state index in [-0.39, 0.29) is 30.2 Å². The number of aliphatic hydroxyl groups excluding tert-OH is 1. The second-order valence-electron chi connectivity index (χ2n) is 13.2. The number of nitrogens with two attached hydrogens (primary N) is 1. The fourth-order valence-corrected chi connectivity index (χ4v) is 5.65. The molecule has 6 N–H and O–H groups in total.